The van der Waals surface area contributed by atoms with Gasteiger partial charge in [-0.1, -0.05) is 6.92 Å². The fourth-order valence-electron chi connectivity index (χ4n) is 3.57. The summed E-state index contributed by atoms with van der Waals surface area (Å²) < 4.78 is 5.69. The molecule has 2 amide bonds. The minimum Gasteiger partial charge on any atom is -0.480 e. The van der Waals surface area contributed by atoms with Gasteiger partial charge in [0.2, 0.25) is 0 Å². The van der Waals surface area contributed by atoms with E-state index in [2.05, 4.69) is 10.2 Å². The Morgan fingerprint density at radius 2 is 1.96 bits per heavy atom. The van der Waals surface area contributed by atoms with E-state index in [1.54, 1.807) is 0 Å². The first-order valence-corrected chi connectivity index (χ1v) is 9.66. The minimum absolute atomic E-state index is 0.0351. The van der Waals surface area contributed by atoms with Crippen LogP contribution in [-0.2, 0) is 9.53 Å². The predicted molar refractivity (Wildman–Crippen MR) is 99.3 cm³/mol. The van der Waals surface area contributed by atoms with Gasteiger partial charge in [-0.15, -0.1) is 0 Å². The van der Waals surface area contributed by atoms with Crippen molar-refractivity contribution in [2.75, 3.05) is 53.4 Å². The van der Waals surface area contributed by atoms with Crippen LogP contribution < -0.4 is 5.32 Å². The molecule has 1 atom stereocenters. The number of hydrogen-bond acceptors (Lipinski definition) is 5. The number of likely N-dealkylation sites (N-methyl/N-ethyl adjacent to an activating group) is 2. The van der Waals surface area contributed by atoms with E-state index in [9.17, 15) is 9.59 Å². The molecule has 0 aromatic rings. The first-order valence-electron chi connectivity index (χ1n) is 9.66. The molecule has 1 saturated heterocycles. The van der Waals surface area contributed by atoms with Crippen molar-refractivity contribution < 1.29 is 19.4 Å². The fourth-order valence-corrected chi connectivity index (χ4v) is 3.57. The quantitative estimate of drug-likeness (QED) is 0.588. The maximum Gasteiger partial charge on any atom is 0.317 e. The number of urea groups is 1. The van der Waals surface area contributed by atoms with Gasteiger partial charge < -0.3 is 25.0 Å². The molecule has 1 saturated carbocycles. The average Bonchev–Trinajstić information content (AvgIpc) is 3.05. The third-order valence-electron chi connectivity index (χ3n) is 5.25. The molecule has 8 heteroatoms. The Morgan fingerprint density at radius 1 is 1.23 bits per heavy atom. The molecule has 8 nitrogen and oxygen atoms in total. The van der Waals surface area contributed by atoms with Gasteiger partial charge in [-0.05, 0) is 46.3 Å². The van der Waals surface area contributed by atoms with Crippen LogP contribution in [0.4, 0.5) is 4.79 Å². The maximum atomic E-state index is 12.7. The van der Waals surface area contributed by atoms with Gasteiger partial charge in [0.25, 0.3) is 0 Å². The van der Waals surface area contributed by atoms with E-state index in [1.807, 2.05) is 30.8 Å². The van der Waals surface area contributed by atoms with Crippen LogP contribution in [-0.4, -0.2) is 103 Å². The van der Waals surface area contributed by atoms with E-state index in [4.69, 9.17) is 9.84 Å². The lowest BCUT2D eigenvalue weighted by atomic mass is 9.85. The molecule has 2 N–H and O–H groups in total. The second kappa shape index (κ2) is 10.1. The summed E-state index contributed by atoms with van der Waals surface area (Å²) >= 11 is 0. The number of carboxylic acids is 1. The molecule has 1 aliphatic carbocycles. The maximum absolute atomic E-state index is 12.7. The van der Waals surface area contributed by atoms with Crippen molar-refractivity contribution in [3.05, 3.63) is 0 Å². The molecule has 2 rings (SSSR count). The molecule has 1 unspecified atom stereocenters. The molecule has 0 spiro atoms. The zero-order chi connectivity index (χ0) is 19.1. The summed E-state index contributed by atoms with van der Waals surface area (Å²) in [6.45, 7) is 5.66. The SMILES string of the molecule is CCN(CC(=O)O)C1CC(NC(=O)N(CCN(C)C)CC2CCCO2)C1. The third-order valence-corrected chi connectivity index (χ3v) is 5.25. The normalized spacial score (nSPS) is 25.3. The standard InChI is InChI=1S/C18H34N4O4/c1-4-21(13-17(23)24)15-10-14(11-15)19-18(25)22(8-7-20(2)3)12-16-6-5-9-26-16/h14-16H,4-13H2,1-3H3,(H,19,25)(H,23,24). The third kappa shape index (κ3) is 6.41. The number of rotatable bonds is 10. The number of carbonyl (C=O) groups is 2. The number of carboxylic acid groups (broad SMARTS) is 1. The highest BCUT2D eigenvalue weighted by Gasteiger charge is 2.35. The Kier molecular flexibility index (Phi) is 8.12. The molecular formula is C18H34N4O4. The van der Waals surface area contributed by atoms with Crippen molar-refractivity contribution in [3.8, 4) is 0 Å². The Bertz CT molecular complexity index is 462. The Labute approximate surface area is 156 Å². The van der Waals surface area contributed by atoms with Crippen molar-refractivity contribution in [3.63, 3.8) is 0 Å². The first kappa shape index (κ1) is 20.9. The molecule has 0 aromatic carbocycles. The summed E-state index contributed by atoms with van der Waals surface area (Å²) in [6.07, 6.45) is 3.85. The van der Waals surface area contributed by atoms with Crippen LogP contribution in [0, 0.1) is 0 Å². The molecular weight excluding hydrogens is 336 g/mol. The summed E-state index contributed by atoms with van der Waals surface area (Å²) in [5.41, 5.74) is 0. The van der Waals surface area contributed by atoms with Gasteiger partial charge in [-0.3, -0.25) is 9.69 Å². The molecule has 2 fully saturated rings. The van der Waals surface area contributed by atoms with Crippen molar-refractivity contribution in [2.24, 2.45) is 0 Å². The van der Waals surface area contributed by atoms with Gasteiger partial charge in [0.15, 0.2) is 0 Å². The van der Waals surface area contributed by atoms with Crippen molar-refractivity contribution in [1.82, 2.24) is 20.0 Å². The number of nitrogens with zero attached hydrogens (tertiary/aromatic N) is 3. The zero-order valence-electron chi connectivity index (χ0n) is 16.3. The molecule has 1 heterocycles. The number of amides is 2. The first-order chi connectivity index (χ1) is 12.4. The van der Waals surface area contributed by atoms with Crippen LogP contribution in [0.5, 0.6) is 0 Å². The Balaban J connectivity index is 1.80. The van der Waals surface area contributed by atoms with E-state index < -0.39 is 5.97 Å². The van der Waals surface area contributed by atoms with Crippen LogP contribution in [0.25, 0.3) is 0 Å². The summed E-state index contributed by atoms with van der Waals surface area (Å²) in [7, 11) is 4.00. The topological polar surface area (TPSA) is 85.4 Å². The minimum atomic E-state index is -0.800. The Hall–Kier alpha value is -1.38. The van der Waals surface area contributed by atoms with Crippen molar-refractivity contribution >= 4 is 12.0 Å². The largest absolute Gasteiger partial charge is 0.480 e. The van der Waals surface area contributed by atoms with Crippen molar-refractivity contribution in [2.45, 2.75) is 50.8 Å². The lowest BCUT2D eigenvalue weighted by Crippen LogP contribution is -2.57. The van der Waals surface area contributed by atoms with Crippen molar-refractivity contribution in [1.29, 1.82) is 0 Å². The smallest absolute Gasteiger partial charge is 0.317 e. The monoisotopic (exact) mass is 370 g/mol. The van der Waals surface area contributed by atoms with Gasteiger partial charge in [0.1, 0.15) is 0 Å². The molecule has 2 aliphatic rings. The fraction of sp³-hybridized carbons (Fsp3) is 0.889. The van der Waals surface area contributed by atoms with Crippen LogP contribution in [0.1, 0.15) is 32.6 Å². The van der Waals surface area contributed by atoms with E-state index in [1.165, 1.54) is 0 Å². The molecule has 0 bridgehead atoms. The highest BCUT2D eigenvalue weighted by molar-refractivity contribution is 5.74. The van der Waals surface area contributed by atoms with E-state index in [-0.39, 0.29) is 30.8 Å². The van der Waals surface area contributed by atoms with Gasteiger partial charge in [0, 0.05) is 38.3 Å². The Morgan fingerprint density at radius 3 is 2.50 bits per heavy atom. The number of aliphatic carboxylic acids is 1. The van der Waals surface area contributed by atoms with Gasteiger partial charge in [-0.25, -0.2) is 4.79 Å². The zero-order valence-corrected chi connectivity index (χ0v) is 16.3. The summed E-state index contributed by atoms with van der Waals surface area (Å²) in [4.78, 5) is 29.5. The van der Waals surface area contributed by atoms with Gasteiger partial charge in [-0.2, -0.15) is 0 Å². The lowest BCUT2D eigenvalue weighted by Gasteiger charge is -2.43. The molecule has 150 valence electrons. The van der Waals surface area contributed by atoms with E-state index in [0.717, 1.165) is 38.8 Å². The van der Waals surface area contributed by atoms with Crippen LogP contribution in [0.15, 0.2) is 0 Å². The van der Waals surface area contributed by atoms with Crippen LogP contribution in [0.2, 0.25) is 0 Å². The van der Waals surface area contributed by atoms with E-state index >= 15 is 0 Å². The van der Waals surface area contributed by atoms with Gasteiger partial charge >= 0.3 is 12.0 Å². The summed E-state index contributed by atoms with van der Waals surface area (Å²) in [6, 6.07) is 0.337. The molecule has 26 heavy (non-hydrogen) atoms. The number of hydrogen-bond donors (Lipinski definition) is 2. The highest BCUT2D eigenvalue weighted by Crippen LogP contribution is 2.26. The van der Waals surface area contributed by atoms with Crippen LogP contribution in [0.3, 0.4) is 0 Å². The molecule has 0 radical (unpaired) electrons. The molecule has 0 aromatic heterocycles. The summed E-state index contributed by atoms with van der Waals surface area (Å²) in [5.74, 6) is -0.800. The lowest BCUT2D eigenvalue weighted by molar-refractivity contribution is -0.139. The highest BCUT2D eigenvalue weighted by atomic mass is 16.5. The number of nitrogens with one attached hydrogen (secondary N) is 1. The average molecular weight is 370 g/mol. The second-order valence-electron chi connectivity index (χ2n) is 7.61. The number of ether oxygens (including phenoxy) is 1. The predicted octanol–water partition coefficient (Wildman–Crippen LogP) is 0.676. The van der Waals surface area contributed by atoms with E-state index in [0.29, 0.717) is 19.6 Å². The molecule has 1 aliphatic heterocycles. The summed E-state index contributed by atoms with van der Waals surface area (Å²) in [5, 5.41) is 12.1. The van der Waals surface area contributed by atoms with Gasteiger partial charge in [0.05, 0.1) is 12.6 Å². The second-order valence-corrected chi connectivity index (χ2v) is 7.61. The van der Waals surface area contributed by atoms with Crippen LogP contribution >= 0.6 is 0 Å². The number of carbonyl (C=O) groups excluding carboxylic acids is 1.